The Hall–Kier alpha value is -2.82. The van der Waals surface area contributed by atoms with Gasteiger partial charge in [0.05, 0.1) is 26.6 Å². The number of imidazole rings is 1. The van der Waals surface area contributed by atoms with Crippen LogP contribution in [-0.2, 0) is 12.8 Å². The highest BCUT2D eigenvalue weighted by Gasteiger charge is 2.15. The van der Waals surface area contributed by atoms with Crippen LogP contribution in [0.25, 0.3) is 22.4 Å². The number of amides is 1. The fourth-order valence-corrected chi connectivity index (χ4v) is 4.42. The molecule has 5 rings (SSSR count). The Bertz CT molecular complexity index is 1240. The van der Waals surface area contributed by atoms with Crippen LogP contribution >= 0.6 is 23.2 Å². The van der Waals surface area contributed by atoms with Gasteiger partial charge in [-0.25, -0.2) is 4.98 Å². The number of aryl methyl sites for hydroxylation is 2. The van der Waals surface area contributed by atoms with E-state index in [9.17, 15) is 4.79 Å². The van der Waals surface area contributed by atoms with Gasteiger partial charge in [0.1, 0.15) is 5.82 Å². The lowest BCUT2D eigenvalue weighted by atomic mass is 10.1. The number of hydrogen-bond donors (Lipinski definition) is 2. The van der Waals surface area contributed by atoms with E-state index in [-0.39, 0.29) is 5.91 Å². The molecule has 4 nitrogen and oxygen atoms in total. The van der Waals surface area contributed by atoms with Gasteiger partial charge in [-0.15, -0.1) is 0 Å². The zero-order chi connectivity index (χ0) is 20.0. The molecule has 1 amide bonds. The van der Waals surface area contributed by atoms with Gasteiger partial charge in [-0.3, -0.25) is 4.79 Å². The maximum Gasteiger partial charge on any atom is 0.255 e. The van der Waals surface area contributed by atoms with Crippen LogP contribution in [0, 0.1) is 0 Å². The Labute approximate surface area is 177 Å². The first-order valence-corrected chi connectivity index (χ1v) is 10.2. The largest absolute Gasteiger partial charge is 0.338 e. The van der Waals surface area contributed by atoms with Crippen molar-refractivity contribution in [3.05, 3.63) is 81.3 Å². The lowest BCUT2D eigenvalue weighted by Gasteiger charge is -2.07. The summed E-state index contributed by atoms with van der Waals surface area (Å²) in [5.74, 6) is 0.420. The van der Waals surface area contributed by atoms with Crippen molar-refractivity contribution < 1.29 is 4.79 Å². The molecule has 1 aromatic heterocycles. The molecule has 1 aliphatic rings. The van der Waals surface area contributed by atoms with Crippen LogP contribution in [0.4, 0.5) is 5.69 Å². The molecule has 29 heavy (non-hydrogen) atoms. The van der Waals surface area contributed by atoms with Gasteiger partial charge in [0.25, 0.3) is 5.91 Å². The molecule has 0 atom stereocenters. The minimum Gasteiger partial charge on any atom is -0.338 e. The minimum atomic E-state index is -0.156. The SMILES string of the molecule is O=C(Nc1ccc2c(c1)CCC2)c1ccc2nc(-c3c(Cl)cccc3Cl)[nH]c2c1. The number of H-pyrrole nitrogens is 1. The highest BCUT2D eigenvalue weighted by atomic mass is 35.5. The van der Waals surface area contributed by atoms with Gasteiger partial charge in [0, 0.05) is 11.3 Å². The van der Waals surface area contributed by atoms with E-state index in [1.54, 1.807) is 30.3 Å². The second-order valence-electron chi connectivity index (χ2n) is 7.21. The monoisotopic (exact) mass is 421 g/mol. The molecule has 0 saturated carbocycles. The molecule has 2 N–H and O–H groups in total. The zero-order valence-electron chi connectivity index (χ0n) is 15.4. The van der Waals surface area contributed by atoms with Crippen LogP contribution in [0.5, 0.6) is 0 Å². The Morgan fingerprint density at radius 2 is 1.76 bits per heavy atom. The molecular formula is C23H17Cl2N3O. The van der Waals surface area contributed by atoms with E-state index in [0.29, 0.717) is 27.0 Å². The van der Waals surface area contributed by atoms with Gasteiger partial charge in [0.15, 0.2) is 0 Å². The normalized spacial score (nSPS) is 12.9. The average Bonchev–Trinajstić information content (AvgIpc) is 3.33. The third kappa shape index (κ3) is 3.39. The number of aromatic amines is 1. The molecule has 0 unspecified atom stereocenters. The molecule has 0 saturated heterocycles. The van der Waals surface area contributed by atoms with Crippen molar-refractivity contribution >= 4 is 45.8 Å². The summed E-state index contributed by atoms with van der Waals surface area (Å²) in [7, 11) is 0. The maximum atomic E-state index is 12.8. The predicted molar refractivity (Wildman–Crippen MR) is 118 cm³/mol. The molecule has 0 spiro atoms. The lowest BCUT2D eigenvalue weighted by molar-refractivity contribution is 0.102. The average molecular weight is 422 g/mol. The van der Waals surface area contributed by atoms with Crippen molar-refractivity contribution in [3.63, 3.8) is 0 Å². The fourth-order valence-electron chi connectivity index (χ4n) is 3.85. The quantitative estimate of drug-likeness (QED) is 0.408. The Kier molecular flexibility index (Phi) is 4.53. The van der Waals surface area contributed by atoms with Crippen LogP contribution in [0.15, 0.2) is 54.6 Å². The summed E-state index contributed by atoms with van der Waals surface area (Å²) in [5.41, 5.74) is 6.22. The molecule has 0 fully saturated rings. The smallest absolute Gasteiger partial charge is 0.255 e. The number of rotatable bonds is 3. The highest BCUT2D eigenvalue weighted by Crippen LogP contribution is 2.34. The number of halogens is 2. The highest BCUT2D eigenvalue weighted by molar-refractivity contribution is 6.39. The fraction of sp³-hybridized carbons (Fsp3) is 0.130. The summed E-state index contributed by atoms with van der Waals surface area (Å²) in [4.78, 5) is 20.6. The molecule has 0 aliphatic heterocycles. The minimum absolute atomic E-state index is 0.156. The zero-order valence-corrected chi connectivity index (χ0v) is 16.9. The number of carbonyl (C=O) groups excluding carboxylic acids is 1. The number of carbonyl (C=O) groups is 1. The topological polar surface area (TPSA) is 57.8 Å². The van der Waals surface area contributed by atoms with Crippen LogP contribution in [-0.4, -0.2) is 15.9 Å². The van der Waals surface area contributed by atoms with Gasteiger partial charge >= 0.3 is 0 Å². The standard InChI is InChI=1S/C23H17Cl2N3O/c24-17-5-2-6-18(25)21(17)22-27-19-10-8-15(12-20(19)28-22)23(29)26-16-9-7-13-3-1-4-14(13)11-16/h2,5-12H,1,3-4H2,(H,26,29)(H,27,28). The Balaban J connectivity index is 1.44. The van der Waals surface area contributed by atoms with Crippen molar-refractivity contribution in [2.45, 2.75) is 19.3 Å². The molecular weight excluding hydrogens is 405 g/mol. The number of anilines is 1. The molecule has 0 bridgehead atoms. The van der Waals surface area contributed by atoms with E-state index in [0.717, 1.165) is 29.6 Å². The number of nitrogens with one attached hydrogen (secondary N) is 2. The summed E-state index contributed by atoms with van der Waals surface area (Å²) >= 11 is 12.6. The number of aromatic nitrogens is 2. The summed E-state index contributed by atoms with van der Waals surface area (Å²) in [6, 6.07) is 16.9. The van der Waals surface area contributed by atoms with Crippen LogP contribution < -0.4 is 5.32 Å². The van der Waals surface area contributed by atoms with Gasteiger partial charge in [0.2, 0.25) is 0 Å². The number of hydrogen-bond acceptors (Lipinski definition) is 2. The van der Waals surface area contributed by atoms with Gasteiger partial charge in [-0.1, -0.05) is 35.3 Å². The Morgan fingerprint density at radius 3 is 2.59 bits per heavy atom. The third-order valence-corrected chi connectivity index (χ3v) is 5.93. The van der Waals surface area contributed by atoms with E-state index in [1.165, 1.54) is 17.5 Å². The molecule has 4 aromatic rings. The van der Waals surface area contributed by atoms with E-state index in [4.69, 9.17) is 23.2 Å². The molecule has 6 heteroatoms. The number of nitrogens with zero attached hydrogens (tertiary/aromatic N) is 1. The summed E-state index contributed by atoms with van der Waals surface area (Å²) in [5, 5.41) is 4.03. The third-order valence-electron chi connectivity index (χ3n) is 5.30. The van der Waals surface area contributed by atoms with Crippen molar-refractivity contribution in [2.75, 3.05) is 5.32 Å². The van der Waals surface area contributed by atoms with E-state index in [1.807, 2.05) is 12.1 Å². The molecule has 1 heterocycles. The van der Waals surface area contributed by atoms with Crippen LogP contribution in [0.2, 0.25) is 10.0 Å². The summed E-state index contributed by atoms with van der Waals surface area (Å²) in [6.45, 7) is 0. The van der Waals surface area contributed by atoms with Crippen molar-refractivity contribution in [3.8, 4) is 11.4 Å². The second kappa shape index (κ2) is 7.21. The number of fused-ring (bicyclic) bond motifs is 2. The van der Waals surface area contributed by atoms with Crippen molar-refractivity contribution in [2.24, 2.45) is 0 Å². The first-order valence-electron chi connectivity index (χ1n) is 9.46. The number of benzene rings is 3. The first kappa shape index (κ1) is 18.2. The Morgan fingerprint density at radius 1 is 0.966 bits per heavy atom. The molecule has 1 aliphatic carbocycles. The van der Waals surface area contributed by atoms with E-state index in [2.05, 4.69) is 27.4 Å². The van der Waals surface area contributed by atoms with Gasteiger partial charge in [-0.05, 0) is 72.9 Å². The van der Waals surface area contributed by atoms with Crippen LogP contribution in [0.1, 0.15) is 27.9 Å². The van der Waals surface area contributed by atoms with Gasteiger partial charge < -0.3 is 10.3 Å². The summed E-state index contributed by atoms with van der Waals surface area (Å²) in [6.07, 6.45) is 3.38. The summed E-state index contributed by atoms with van der Waals surface area (Å²) < 4.78 is 0. The molecule has 3 aromatic carbocycles. The lowest BCUT2D eigenvalue weighted by Crippen LogP contribution is -2.12. The predicted octanol–water partition coefficient (Wildman–Crippen LogP) is 6.28. The van der Waals surface area contributed by atoms with E-state index >= 15 is 0 Å². The van der Waals surface area contributed by atoms with E-state index < -0.39 is 0 Å². The second-order valence-corrected chi connectivity index (χ2v) is 8.02. The first-order chi connectivity index (χ1) is 14.1. The molecule has 144 valence electrons. The maximum absolute atomic E-state index is 12.8. The van der Waals surface area contributed by atoms with Crippen LogP contribution in [0.3, 0.4) is 0 Å². The van der Waals surface area contributed by atoms with Gasteiger partial charge in [-0.2, -0.15) is 0 Å². The molecule has 0 radical (unpaired) electrons. The van der Waals surface area contributed by atoms with Crippen molar-refractivity contribution in [1.82, 2.24) is 9.97 Å². The van der Waals surface area contributed by atoms with Crippen molar-refractivity contribution in [1.29, 1.82) is 0 Å².